The van der Waals surface area contributed by atoms with E-state index in [2.05, 4.69) is 16.3 Å². The van der Waals surface area contributed by atoms with Gasteiger partial charge in [-0.15, -0.1) is 0 Å². The maximum atomic E-state index is 8.88. The normalized spacial score (nSPS) is 16.6. The third-order valence-electron chi connectivity index (χ3n) is 3.87. The molecule has 0 atom stereocenters. The number of ether oxygens (including phenoxy) is 1. The highest BCUT2D eigenvalue weighted by Crippen LogP contribution is 2.22. The first-order chi connectivity index (χ1) is 10.2. The van der Waals surface area contributed by atoms with E-state index < -0.39 is 0 Å². The van der Waals surface area contributed by atoms with E-state index in [1.165, 1.54) is 0 Å². The van der Waals surface area contributed by atoms with E-state index in [0.717, 1.165) is 51.2 Å². The fraction of sp³-hybridized carbons (Fsp3) is 0.562. The Bertz CT molecular complexity index is 493. The van der Waals surface area contributed by atoms with Crippen LogP contribution in [-0.4, -0.2) is 44.3 Å². The molecule has 0 spiro atoms. The highest BCUT2D eigenvalue weighted by Gasteiger charge is 2.18. The van der Waals surface area contributed by atoms with Gasteiger partial charge in [0.25, 0.3) is 0 Å². The number of hydrogen-bond donors (Lipinski definition) is 1. The predicted molar refractivity (Wildman–Crippen MR) is 85.7 cm³/mol. The molecular weight excluding hydrogens is 286 g/mol. The molecule has 4 nitrogen and oxygen atoms in total. The minimum absolute atomic E-state index is 0.479. The van der Waals surface area contributed by atoms with Crippen LogP contribution in [0, 0.1) is 11.3 Å². The Hall–Kier alpha value is -1.28. The van der Waals surface area contributed by atoms with Gasteiger partial charge < -0.3 is 15.0 Å². The Labute approximate surface area is 131 Å². The topological polar surface area (TPSA) is 48.3 Å². The summed E-state index contributed by atoms with van der Waals surface area (Å²) in [5.74, 6) is 0. The van der Waals surface area contributed by atoms with E-state index in [0.29, 0.717) is 16.6 Å². The van der Waals surface area contributed by atoms with E-state index in [1.807, 2.05) is 12.1 Å². The summed E-state index contributed by atoms with van der Waals surface area (Å²) in [7, 11) is 1.75. The SMILES string of the molecule is COCCCN1CCC(Nc2ccc(C#N)c(Cl)c2)CC1. The molecule has 0 radical (unpaired) electrons. The van der Waals surface area contributed by atoms with E-state index >= 15 is 0 Å². The molecule has 1 fully saturated rings. The van der Waals surface area contributed by atoms with Gasteiger partial charge in [0.1, 0.15) is 6.07 Å². The van der Waals surface area contributed by atoms with Crippen LogP contribution in [0.2, 0.25) is 5.02 Å². The fourth-order valence-corrected chi connectivity index (χ4v) is 2.89. The lowest BCUT2D eigenvalue weighted by Gasteiger charge is -2.32. The Morgan fingerprint density at radius 2 is 2.19 bits per heavy atom. The van der Waals surface area contributed by atoms with Crippen LogP contribution in [0.4, 0.5) is 5.69 Å². The molecule has 1 aliphatic heterocycles. The van der Waals surface area contributed by atoms with Gasteiger partial charge in [-0.05, 0) is 37.5 Å². The van der Waals surface area contributed by atoms with Crippen LogP contribution in [0.1, 0.15) is 24.8 Å². The maximum absolute atomic E-state index is 8.88. The lowest BCUT2D eigenvalue weighted by Crippen LogP contribution is -2.39. The van der Waals surface area contributed by atoms with Crippen LogP contribution < -0.4 is 5.32 Å². The average molecular weight is 308 g/mol. The summed E-state index contributed by atoms with van der Waals surface area (Å²) in [6.07, 6.45) is 3.36. The molecule has 0 bridgehead atoms. The third-order valence-corrected chi connectivity index (χ3v) is 4.18. The number of nitrogens with one attached hydrogen (secondary N) is 1. The Kier molecular flexibility index (Phi) is 6.31. The number of benzene rings is 1. The Morgan fingerprint density at radius 1 is 1.43 bits per heavy atom. The summed E-state index contributed by atoms with van der Waals surface area (Å²) in [5.41, 5.74) is 1.52. The van der Waals surface area contributed by atoms with Gasteiger partial charge >= 0.3 is 0 Å². The van der Waals surface area contributed by atoms with Crippen LogP contribution in [-0.2, 0) is 4.74 Å². The van der Waals surface area contributed by atoms with E-state index in [4.69, 9.17) is 21.6 Å². The monoisotopic (exact) mass is 307 g/mol. The van der Waals surface area contributed by atoms with Crippen LogP contribution in [0.3, 0.4) is 0 Å². The summed E-state index contributed by atoms with van der Waals surface area (Å²) in [5, 5.41) is 12.9. The molecule has 2 rings (SSSR count). The predicted octanol–water partition coefficient (Wildman–Crippen LogP) is 3.12. The number of nitriles is 1. The number of halogens is 1. The van der Waals surface area contributed by atoms with Crippen molar-refractivity contribution < 1.29 is 4.74 Å². The number of piperidine rings is 1. The molecule has 21 heavy (non-hydrogen) atoms. The van der Waals surface area contributed by atoms with Crippen molar-refractivity contribution >= 4 is 17.3 Å². The summed E-state index contributed by atoms with van der Waals surface area (Å²) in [4.78, 5) is 2.49. The fourth-order valence-electron chi connectivity index (χ4n) is 2.66. The summed E-state index contributed by atoms with van der Waals surface area (Å²) in [6, 6.07) is 8.09. The molecule has 1 heterocycles. The molecule has 0 aliphatic carbocycles. The lowest BCUT2D eigenvalue weighted by molar-refractivity contribution is 0.159. The zero-order valence-electron chi connectivity index (χ0n) is 12.4. The maximum Gasteiger partial charge on any atom is 0.101 e. The van der Waals surface area contributed by atoms with Gasteiger partial charge in [-0.25, -0.2) is 0 Å². The number of anilines is 1. The molecule has 5 heteroatoms. The minimum Gasteiger partial charge on any atom is -0.385 e. The van der Waals surface area contributed by atoms with E-state index in [-0.39, 0.29) is 0 Å². The first kappa shape index (κ1) is 16.1. The second kappa shape index (κ2) is 8.23. The second-order valence-electron chi connectivity index (χ2n) is 5.41. The van der Waals surface area contributed by atoms with E-state index in [1.54, 1.807) is 13.2 Å². The van der Waals surface area contributed by atoms with E-state index in [9.17, 15) is 0 Å². The number of rotatable bonds is 6. The highest BCUT2D eigenvalue weighted by atomic mass is 35.5. The number of methoxy groups -OCH3 is 1. The molecule has 1 aliphatic rings. The molecule has 0 saturated carbocycles. The van der Waals surface area contributed by atoms with Crippen molar-refractivity contribution in [3.05, 3.63) is 28.8 Å². The summed E-state index contributed by atoms with van der Waals surface area (Å²) in [6.45, 7) is 4.18. The van der Waals surface area contributed by atoms with Crippen molar-refractivity contribution in [2.45, 2.75) is 25.3 Å². The molecule has 1 saturated heterocycles. The van der Waals surface area contributed by atoms with Crippen molar-refractivity contribution in [3.8, 4) is 6.07 Å². The second-order valence-corrected chi connectivity index (χ2v) is 5.82. The molecule has 1 aromatic carbocycles. The molecule has 0 amide bonds. The van der Waals surface area contributed by atoms with Gasteiger partial charge in [0, 0.05) is 45.1 Å². The first-order valence-corrected chi connectivity index (χ1v) is 7.78. The van der Waals surface area contributed by atoms with Crippen molar-refractivity contribution in [2.24, 2.45) is 0 Å². The molecular formula is C16H22ClN3O. The number of likely N-dealkylation sites (tertiary alicyclic amines) is 1. The first-order valence-electron chi connectivity index (χ1n) is 7.40. The number of nitrogens with zero attached hydrogens (tertiary/aromatic N) is 2. The van der Waals surface area contributed by atoms with Crippen molar-refractivity contribution in [2.75, 3.05) is 38.7 Å². The van der Waals surface area contributed by atoms with Crippen molar-refractivity contribution in [3.63, 3.8) is 0 Å². The van der Waals surface area contributed by atoms with Gasteiger partial charge in [-0.3, -0.25) is 0 Å². The largest absolute Gasteiger partial charge is 0.385 e. The van der Waals surface area contributed by atoms with Crippen LogP contribution >= 0.6 is 11.6 Å². The smallest absolute Gasteiger partial charge is 0.101 e. The van der Waals surface area contributed by atoms with Gasteiger partial charge in [0.15, 0.2) is 0 Å². The molecule has 1 aromatic rings. The third kappa shape index (κ3) is 4.89. The summed E-state index contributed by atoms with van der Waals surface area (Å²) >= 11 is 6.06. The van der Waals surface area contributed by atoms with Gasteiger partial charge in [0.05, 0.1) is 10.6 Å². The van der Waals surface area contributed by atoms with Gasteiger partial charge in [-0.2, -0.15) is 5.26 Å². The van der Waals surface area contributed by atoms with Gasteiger partial charge in [0.2, 0.25) is 0 Å². The van der Waals surface area contributed by atoms with Gasteiger partial charge in [-0.1, -0.05) is 11.6 Å². The standard InChI is InChI=1S/C16H22ClN3O/c1-21-10-2-7-20-8-5-14(6-9-20)19-15-4-3-13(12-18)16(17)11-15/h3-4,11,14,19H,2,5-10H2,1H3. The number of hydrogen-bond acceptors (Lipinski definition) is 4. The van der Waals surface area contributed by atoms with Crippen molar-refractivity contribution in [1.29, 1.82) is 5.26 Å². The molecule has 1 N–H and O–H groups in total. The molecule has 0 unspecified atom stereocenters. The highest BCUT2D eigenvalue weighted by molar-refractivity contribution is 6.32. The van der Waals surface area contributed by atoms with Crippen LogP contribution in [0.15, 0.2) is 18.2 Å². The quantitative estimate of drug-likeness (QED) is 0.820. The zero-order valence-corrected chi connectivity index (χ0v) is 13.2. The Balaban J connectivity index is 1.78. The van der Waals surface area contributed by atoms with Crippen LogP contribution in [0.25, 0.3) is 0 Å². The molecule has 0 aromatic heterocycles. The zero-order chi connectivity index (χ0) is 15.1. The molecule has 114 valence electrons. The van der Waals surface area contributed by atoms with Crippen molar-refractivity contribution in [1.82, 2.24) is 4.90 Å². The Morgan fingerprint density at radius 3 is 2.81 bits per heavy atom. The lowest BCUT2D eigenvalue weighted by atomic mass is 10.0. The average Bonchev–Trinajstić information content (AvgIpc) is 2.49. The minimum atomic E-state index is 0.479. The summed E-state index contributed by atoms with van der Waals surface area (Å²) < 4.78 is 5.09. The van der Waals surface area contributed by atoms with Crippen LogP contribution in [0.5, 0.6) is 0 Å².